The maximum atomic E-state index is 13.0. The van der Waals surface area contributed by atoms with Crippen LogP contribution in [0.4, 0.5) is 16.2 Å². The number of benzene rings is 1. The Morgan fingerprint density at radius 3 is 1.87 bits per heavy atom. The fraction of sp³-hybridized carbons (Fsp3) is 0.321. The molecule has 11 heteroatoms. The maximum absolute atomic E-state index is 13.0. The summed E-state index contributed by atoms with van der Waals surface area (Å²) in [7, 11) is 0. The molecule has 0 bridgehead atoms. The average Bonchev–Trinajstić information content (AvgIpc) is 2.86. The molecular weight excluding hydrogens is 504 g/mol. The molecule has 0 unspecified atom stereocenters. The Labute approximate surface area is 225 Å². The number of hydrogen-bond acceptors (Lipinski definition) is 7. The minimum atomic E-state index is -0.819. The van der Waals surface area contributed by atoms with Gasteiger partial charge in [0.25, 0.3) is 11.1 Å². The molecule has 0 fully saturated rings. The minimum absolute atomic E-state index is 0.0249. The Kier molecular flexibility index (Phi) is 9.08. The Hall–Kier alpha value is -4.67. The summed E-state index contributed by atoms with van der Waals surface area (Å²) >= 11 is 0. The van der Waals surface area contributed by atoms with Crippen molar-refractivity contribution < 1.29 is 23.9 Å². The van der Waals surface area contributed by atoms with Gasteiger partial charge < -0.3 is 19.4 Å². The van der Waals surface area contributed by atoms with E-state index in [0.717, 1.165) is 10.1 Å². The van der Waals surface area contributed by atoms with Crippen molar-refractivity contribution >= 4 is 29.3 Å². The number of hydrogen-bond donors (Lipinski definition) is 2. The number of rotatable bonds is 8. The van der Waals surface area contributed by atoms with Crippen molar-refractivity contribution in [3.63, 3.8) is 0 Å². The van der Waals surface area contributed by atoms with Gasteiger partial charge in [-0.3, -0.25) is 29.1 Å². The van der Waals surface area contributed by atoms with E-state index >= 15 is 0 Å². The molecule has 1 aromatic carbocycles. The topological polar surface area (TPSA) is 138 Å². The molecule has 0 aliphatic carbocycles. The molecule has 0 spiro atoms. The van der Waals surface area contributed by atoms with Gasteiger partial charge >= 0.3 is 12.1 Å². The van der Waals surface area contributed by atoms with Crippen molar-refractivity contribution in [2.75, 3.05) is 10.6 Å². The van der Waals surface area contributed by atoms with E-state index in [9.17, 15) is 24.0 Å². The monoisotopic (exact) mass is 536 g/mol. The van der Waals surface area contributed by atoms with Gasteiger partial charge in [-0.15, -0.1) is 0 Å². The predicted molar refractivity (Wildman–Crippen MR) is 146 cm³/mol. The predicted octanol–water partition coefficient (Wildman–Crippen LogP) is 3.36. The van der Waals surface area contributed by atoms with Crippen LogP contribution in [-0.4, -0.2) is 32.7 Å². The first-order chi connectivity index (χ1) is 18.3. The normalized spacial score (nSPS) is 11.0. The van der Waals surface area contributed by atoms with Crippen molar-refractivity contribution in [2.45, 2.75) is 59.9 Å². The Morgan fingerprint density at radius 1 is 0.769 bits per heavy atom. The van der Waals surface area contributed by atoms with E-state index < -0.39 is 41.2 Å². The summed E-state index contributed by atoms with van der Waals surface area (Å²) in [5.74, 6) is -1.24. The summed E-state index contributed by atoms with van der Waals surface area (Å²) in [5.41, 5.74) is -0.290. The van der Waals surface area contributed by atoms with E-state index in [1.54, 1.807) is 58.9 Å². The first kappa shape index (κ1) is 28.9. The van der Waals surface area contributed by atoms with E-state index in [1.807, 2.05) is 18.2 Å². The molecule has 3 aromatic rings. The summed E-state index contributed by atoms with van der Waals surface area (Å²) in [6.45, 7) is 7.74. The zero-order valence-electron chi connectivity index (χ0n) is 22.6. The fourth-order valence-corrected chi connectivity index (χ4v) is 3.63. The van der Waals surface area contributed by atoms with Crippen molar-refractivity contribution in [3.8, 4) is 0 Å². The van der Waals surface area contributed by atoms with Gasteiger partial charge in [0, 0.05) is 11.4 Å². The highest BCUT2D eigenvalue weighted by atomic mass is 16.6. The van der Waals surface area contributed by atoms with Crippen LogP contribution < -0.4 is 21.8 Å². The number of amides is 2. The number of nitrogens with one attached hydrogen (secondary N) is 2. The highest BCUT2D eigenvalue weighted by Crippen LogP contribution is 2.10. The Bertz CT molecular complexity index is 1480. The molecule has 206 valence electrons. The highest BCUT2D eigenvalue weighted by molar-refractivity contribution is 5.90. The molecule has 2 amide bonds. The molecule has 0 aliphatic heterocycles. The lowest BCUT2D eigenvalue weighted by molar-refractivity contribution is -0.155. The van der Waals surface area contributed by atoms with Gasteiger partial charge in [0.1, 0.15) is 36.7 Å². The first-order valence-corrected chi connectivity index (χ1v) is 12.2. The zero-order chi connectivity index (χ0) is 28.7. The third kappa shape index (κ3) is 8.16. The molecule has 39 heavy (non-hydrogen) atoms. The number of aromatic nitrogens is 2. The number of ether oxygens (including phenoxy) is 2. The number of aryl methyl sites for hydroxylation is 2. The molecule has 0 radical (unpaired) electrons. The van der Waals surface area contributed by atoms with Gasteiger partial charge in [-0.1, -0.05) is 30.3 Å². The average molecular weight is 537 g/mol. The third-order valence-electron chi connectivity index (χ3n) is 5.52. The van der Waals surface area contributed by atoms with E-state index in [-0.39, 0.29) is 24.5 Å². The standard InChI is InChI=1S/C28H32N4O7/c1-18-12-14-22(30-27(37)38-17-20-9-7-6-8-10-20)26(36)31(18)15-23(33)29-21-13-11-19(2)32(25(21)35)16-24(34)39-28(3,4)5/h6-14H,15-17H2,1-5H3,(H,29,33)(H,30,37). The van der Waals surface area contributed by atoms with Crippen LogP contribution in [0.3, 0.4) is 0 Å². The summed E-state index contributed by atoms with van der Waals surface area (Å²) in [4.78, 5) is 63.2. The van der Waals surface area contributed by atoms with Gasteiger partial charge in [-0.05, 0) is 64.4 Å². The van der Waals surface area contributed by atoms with Gasteiger partial charge in [0.15, 0.2) is 0 Å². The van der Waals surface area contributed by atoms with Crippen LogP contribution in [0.25, 0.3) is 0 Å². The Morgan fingerprint density at radius 2 is 1.31 bits per heavy atom. The van der Waals surface area contributed by atoms with Crippen LogP contribution in [0.5, 0.6) is 0 Å². The first-order valence-electron chi connectivity index (χ1n) is 12.2. The maximum Gasteiger partial charge on any atom is 0.412 e. The molecule has 2 N–H and O–H groups in total. The number of pyridine rings is 2. The van der Waals surface area contributed by atoms with Gasteiger partial charge in [0.2, 0.25) is 5.91 Å². The van der Waals surface area contributed by atoms with Gasteiger partial charge in [-0.25, -0.2) is 4.79 Å². The quantitative estimate of drug-likeness (QED) is 0.421. The van der Waals surface area contributed by atoms with Gasteiger partial charge in [-0.2, -0.15) is 0 Å². The van der Waals surface area contributed by atoms with Crippen molar-refractivity contribution in [1.82, 2.24) is 9.13 Å². The van der Waals surface area contributed by atoms with Gasteiger partial charge in [0.05, 0.1) is 0 Å². The van der Waals surface area contributed by atoms with E-state index in [4.69, 9.17) is 9.47 Å². The largest absolute Gasteiger partial charge is 0.459 e. The molecule has 3 rings (SSSR count). The second-order valence-corrected chi connectivity index (χ2v) is 9.88. The number of esters is 1. The molecule has 2 aromatic heterocycles. The second kappa shape index (κ2) is 12.2. The van der Waals surface area contributed by atoms with E-state index in [1.165, 1.54) is 16.7 Å². The fourth-order valence-electron chi connectivity index (χ4n) is 3.63. The molecule has 0 saturated carbocycles. The van der Waals surface area contributed by atoms with E-state index in [0.29, 0.717) is 11.4 Å². The molecule has 11 nitrogen and oxygen atoms in total. The summed E-state index contributed by atoms with van der Waals surface area (Å²) < 4.78 is 12.8. The number of nitrogens with zero attached hydrogens (tertiary/aromatic N) is 2. The summed E-state index contributed by atoms with van der Waals surface area (Å²) in [5, 5.41) is 4.91. The molecule has 0 aliphatic rings. The van der Waals surface area contributed by atoms with Crippen LogP contribution >= 0.6 is 0 Å². The lowest BCUT2D eigenvalue weighted by atomic mass is 10.2. The lowest BCUT2D eigenvalue weighted by Crippen LogP contribution is -2.35. The second-order valence-electron chi connectivity index (χ2n) is 9.88. The molecule has 0 atom stereocenters. The van der Waals surface area contributed by atoms with E-state index in [2.05, 4.69) is 10.6 Å². The highest BCUT2D eigenvalue weighted by Gasteiger charge is 2.19. The molecular formula is C28H32N4O7. The van der Waals surface area contributed by atoms with Crippen LogP contribution in [0.2, 0.25) is 0 Å². The summed E-state index contributed by atoms with van der Waals surface area (Å²) in [6.07, 6.45) is -0.819. The minimum Gasteiger partial charge on any atom is -0.459 e. The van der Waals surface area contributed by atoms with Crippen molar-refractivity contribution in [1.29, 1.82) is 0 Å². The third-order valence-corrected chi connectivity index (χ3v) is 5.52. The molecule has 2 heterocycles. The zero-order valence-corrected chi connectivity index (χ0v) is 22.6. The number of anilines is 2. The van der Waals surface area contributed by atoms with Crippen LogP contribution in [-0.2, 0) is 38.8 Å². The number of carbonyl (C=O) groups is 3. The lowest BCUT2D eigenvalue weighted by Gasteiger charge is -2.20. The smallest absolute Gasteiger partial charge is 0.412 e. The SMILES string of the molecule is Cc1ccc(NC(=O)Cn2c(C)ccc(NC(=O)OCc3ccccc3)c2=O)c(=O)n1CC(=O)OC(C)(C)C. The van der Waals surface area contributed by atoms with Crippen LogP contribution in [0.15, 0.2) is 64.2 Å². The Balaban J connectivity index is 1.70. The molecule has 0 saturated heterocycles. The van der Waals surface area contributed by atoms with Crippen molar-refractivity contribution in [3.05, 3.63) is 92.3 Å². The van der Waals surface area contributed by atoms with Crippen LogP contribution in [0, 0.1) is 13.8 Å². The number of carbonyl (C=O) groups excluding carboxylic acids is 3. The summed E-state index contributed by atoms with van der Waals surface area (Å²) in [6, 6.07) is 15.1. The van der Waals surface area contributed by atoms with Crippen molar-refractivity contribution in [2.24, 2.45) is 0 Å². The van der Waals surface area contributed by atoms with Crippen LogP contribution in [0.1, 0.15) is 37.7 Å².